The van der Waals surface area contributed by atoms with Gasteiger partial charge in [-0.25, -0.2) is 0 Å². The van der Waals surface area contributed by atoms with Gasteiger partial charge in [0.25, 0.3) is 0 Å². The van der Waals surface area contributed by atoms with Crippen LogP contribution in [-0.2, 0) is 19.5 Å². The minimum atomic E-state index is 0.575. The molecule has 2 N–H and O–H groups in total. The minimum Gasteiger partial charge on any atom is -0.359 e. The Hall–Kier alpha value is -1.82. The van der Waals surface area contributed by atoms with Crippen LogP contribution in [-0.4, -0.2) is 18.2 Å². The molecule has 5 nitrogen and oxygen atoms in total. The van der Waals surface area contributed by atoms with Crippen molar-refractivity contribution in [3.8, 4) is 0 Å². The number of aromatic nitrogens is 1. The molecule has 0 aliphatic carbocycles. The molecular weight excluding hydrogens is 272 g/mol. The van der Waals surface area contributed by atoms with Crippen molar-refractivity contribution in [2.45, 2.75) is 33.4 Å². The first-order valence-electron chi connectivity index (χ1n) is 6.65. The summed E-state index contributed by atoms with van der Waals surface area (Å²) in [5.74, 6) is 1.56. The molecule has 2 heterocycles. The van der Waals surface area contributed by atoms with E-state index >= 15 is 0 Å². The van der Waals surface area contributed by atoms with Crippen molar-refractivity contribution >= 4 is 17.3 Å². The molecule has 0 fully saturated rings. The Bertz CT molecular complexity index is 573. The predicted molar refractivity (Wildman–Crippen MR) is 82.0 cm³/mol. The second kappa shape index (κ2) is 7.09. The molecule has 0 radical (unpaired) electrons. The topological polar surface area (TPSA) is 62.5 Å². The van der Waals surface area contributed by atoms with Gasteiger partial charge in [-0.05, 0) is 25.5 Å². The van der Waals surface area contributed by atoms with Crippen LogP contribution in [0.15, 0.2) is 27.7 Å². The zero-order chi connectivity index (χ0) is 14.4. The summed E-state index contributed by atoms with van der Waals surface area (Å²) >= 11 is 1.83. The van der Waals surface area contributed by atoms with E-state index in [0.717, 1.165) is 30.4 Å². The first kappa shape index (κ1) is 14.6. The quantitative estimate of drug-likeness (QED) is 0.656. The number of nitrogens with zero attached hydrogens (tertiary/aromatic N) is 2. The smallest absolute Gasteiger partial charge is 0.191 e. The molecule has 20 heavy (non-hydrogen) atoms. The normalized spacial score (nSPS) is 11.7. The van der Waals surface area contributed by atoms with Gasteiger partial charge in [0.1, 0.15) is 0 Å². The van der Waals surface area contributed by atoms with Crippen LogP contribution < -0.4 is 10.6 Å². The average molecular weight is 292 g/mol. The fraction of sp³-hybridized carbons (Fsp3) is 0.429. The lowest BCUT2D eigenvalue weighted by molar-refractivity contribution is 0.376. The van der Waals surface area contributed by atoms with Crippen LogP contribution in [0.1, 0.15) is 28.1 Å². The van der Waals surface area contributed by atoms with Gasteiger partial charge in [-0.2, -0.15) is 0 Å². The molecule has 6 heteroatoms. The van der Waals surface area contributed by atoms with Crippen molar-refractivity contribution in [2.24, 2.45) is 4.99 Å². The Morgan fingerprint density at radius 3 is 2.65 bits per heavy atom. The summed E-state index contributed by atoms with van der Waals surface area (Å²) in [6, 6.07) is 6.24. The number of aliphatic imine (C=N–C) groups is 1. The molecular formula is C14H20N4OS. The monoisotopic (exact) mass is 292 g/mol. The average Bonchev–Trinajstić information content (AvgIpc) is 3.08. The Balaban J connectivity index is 1.80. The number of nitrogens with one attached hydrogen (secondary N) is 2. The highest BCUT2D eigenvalue weighted by molar-refractivity contribution is 7.11. The summed E-state index contributed by atoms with van der Waals surface area (Å²) in [4.78, 5) is 6.90. The van der Waals surface area contributed by atoms with Crippen molar-refractivity contribution in [3.05, 3.63) is 39.4 Å². The van der Waals surface area contributed by atoms with E-state index in [0.29, 0.717) is 6.54 Å². The second-order valence-electron chi connectivity index (χ2n) is 4.44. The van der Waals surface area contributed by atoms with Gasteiger partial charge < -0.3 is 15.2 Å². The number of hydrogen-bond acceptors (Lipinski definition) is 4. The van der Waals surface area contributed by atoms with E-state index in [1.54, 1.807) is 7.05 Å². The molecule has 0 saturated heterocycles. The highest BCUT2D eigenvalue weighted by Gasteiger charge is 2.04. The van der Waals surface area contributed by atoms with Crippen LogP contribution in [0.4, 0.5) is 0 Å². The first-order chi connectivity index (χ1) is 9.71. The Morgan fingerprint density at radius 1 is 1.30 bits per heavy atom. The zero-order valence-corrected chi connectivity index (χ0v) is 12.9. The Labute approximate surface area is 123 Å². The Morgan fingerprint density at radius 2 is 2.05 bits per heavy atom. The first-order valence-corrected chi connectivity index (χ1v) is 7.47. The summed E-state index contributed by atoms with van der Waals surface area (Å²) in [5, 5.41) is 10.3. The Kier molecular flexibility index (Phi) is 5.17. The maximum Gasteiger partial charge on any atom is 0.191 e. The molecule has 0 bridgehead atoms. The van der Waals surface area contributed by atoms with E-state index in [2.05, 4.69) is 39.8 Å². The van der Waals surface area contributed by atoms with Gasteiger partial charge in [0, 0.05) is 22.9 Å². The lowest BCUT2D eigenvalue weighted by atomic mass is 10.3. The predicted octanol–water partition coefficient (Wildman–Crippen LogP) is 2.47. The number of aryl methyl sites for hydroxylation is 2. The molecule has 0 saturated carbocycles. The second-order valence-corrected chi connectivity index (χ2v) is 5.69. The number of guanidine groups is 1. The van der Waals surface area contributed by atoms with Gasteiger partial charge in [-0.15, -0.1) is 11.3 Å². The van der Waals surface area contributed by atoms with Crippen molar-refractivity contribution in [2.75, 3.05) is 7.05 Å². The maximum atomic E-state index is 5.15. The number of rotatable bonds is 5. The highest BCUT2D eigenvalue weighted by atomic mass is 32.1. The maximum absolute atomic E-state index is 5.15. The molecule has 108 valence electrons. The summed E-state index contributed by atoms with van der Waals surface area (Å²) in [7, 11) is 1.76. The summed E-state index contributed by atoms with van der Waals surface area (Å²) in [6.45, 7) is 5.43. The van der Waals surface area contributed by atoms with E-state index in [4.69, 9.17) is 4.52 Å². The molecule has 2 aromatic rings. The van der Waals surface area contributed by atoms with Gasteiger partial charge in [0.15, 0.2) is 11.7 Å². The standard InChI is InChI=1S/C14H20N4OS/c1-4-12-5-6-13(20-12)9-17-14(15-3)16-8-11-7-10(2)18-19-11/h5-7H,4,8-9H2,1-3H3,(H2,15,16,17). The van der Waals surface area contributed by atoms with Gasteiger partial charge in [0.2, 0.25) is 0 Å². The summed E-state index contributed by atoms with van der Waals surface area (Å²) in [5.41, 5.74) is 0.885. The third-order valence-corrected chi connectivity index (χ3v) is 4.06. The van der Waals surface area contributed by atoms with Crippen LogP contribution in [0.3, 0.4) is 0 Å². The SMILES string of the molecule is CCc1ccc(CNC(=NC)NCc2cc(C)no2)s1. The third kappa shape index (κ3) is 4.09. The summed E-state index contributed by atoms with van der Waals surface area (Å²) < 4.78 is 5.15. The van der Waals surface area contributed by atoms with Crippen LogP contribution in [0.2, 0.25) is 0 Å². The van der Waals surface area contributed by atoms with Crippen molar-refractivity contribution < 1.29 is 4.52 Å². The lowest BCUT2D eigenvalue weighted by Crippen LogP contribution is -2.36. The molecule has 0 unspecified atom stereocenters. The largest absolute Gasteiger partial charge is 0.359 e. The van der Waals surface area contributed by atoms with Crippen molar-refractivity contribution in [1.82, 2.24) is 15.8 Å². The lowest BCUT2D eigenvalue weighted by Gasteiger charge is -2.09. The molecule has 2 rings (SSSR count). The molecule has 0 spiro atoms. The minimum absolute atomic E-state index is 0.575. The number of hydrogen-bond donors (Lipinski definition) is 2. The zero-order valence-electron chi connectivity index (χ0n) is 12.1. The van der Waals surface area contributed by atoms with E-state index < -0.39 is 0 Å². The fourth-order valence-corrected chi connectivity index (χ4v) is 2.67. The van der Waals surface area contributed by atoms with Crippen LogP contribution in [0, 0.1) is 6.92 Å². The molecule has 2 aromatic heterocycles. The summed E-state index contributed by atoms with van der Waals surface area (Å²) in [6.07, 6.45) is 1.09. The van der Waals surface area contributed by atoms with Gasteiger partial charge in [-0.3, -0.25) is 4.99 Å². The molecule has 0 atom stereocenters. The van der Waals surface area contributed by atoms with Crippen LogP contribution in [0.25, 0.3) is 0 Å². The molecule has 0 aliphatic rings. The van der Waals surface area contributed by atoms with Crippen LogP contribution >= 0.6 is 11.3 Å². The van der Waals surface area contributed by atoms with E-state index in [1.165, 1.54) is 9.75 Å². The number of thiophene rings is 1. The highest BCUT2D eigenvalue weighted by Crippen LogP contribution is 2.16. The van der Waals surface area contributed by atoms with E-state index in [1.807, 2.05) is 24.3 Å². The van der Waals surface area contributed by atoms with Gasteiger partial charge >= 0.3 is 0 Å². The van der Waals surface area contributed by atoms with E-state index in [9.17, 15) is 0 Å². The molecule has 0 amide bonds. The molecule has 0 aliphatic heterocycles. The van der Waals surface area contributed by atoms with Crippen molar-refractivity contribution in [3.63, 3.8) is 0 Å². The van der Waals surface area contributed by atoms with Gasteiger partial charge in [-0.1, -0.05) is 12.1 Å². The van der Waals surface area contributed by atoms with Crippen molar-refractivity contribution in [1.29, 1.82) is 0 Å². The van der Waals surface area contributed by atoms with Gasteiger partial charge in [0.05, 0.1) is 18.8 Å². The third-order valence-electron chi connectivity index (χ3n) is 2.83. The molecule has 0 aromatic carbocycles. The van der Waals surface area contributed by atoms with Crippen LogP contribution in [0.5, 0.6) is 0 Å². The van der Waals surface area contributed by atoms with E-state index in [-0.39, 0.29) is 0 Å². The fourth-order valence-electron chi connectivity index (χ4n) is 1.77.